The minimum Gasteiger partial charge on any atom is -0.462 e. The van der Waals surface area contributed by atoms with Crippen LogP contribution in [-0.4, -0.2) is 36.6 Å². The number of hydrogen-bond donors (Lipinski definition) is 1. The highest BCUT2D eigenvalue weighted by Gasteiger charge is 2.22. The lowest BCUT2D eigenvalue weighted by molar-refractivity contribution is 0.312. The molecule has 1 unspecified atom stereocenters. The van der Waals surface area contributed by atoms with Crippen LogP contribution in [0, 0.1) is 5.92 Å². The van der Waals surface area contributed by atoms with Crippen molar-refractivity contribution in [2.45, 2.75) is 13.0 Å². The van der Waals surface area contributed by atoms with Crippen LogP contribution in [0.4, 0.5) is 0 Å². The second kappa shape index (κ2) is 5.86. The van der Waals surface area contributed by atoms with Crippen molar-refractivity contribution in [1.82, 2.24) is 15.2 Å². The number of nitrogens with zero attached hydrogens (tertiary/aromatic N) is 2. The average Bonchev–Trinajstić information content (AvgIpc) is 3.10. The number of likely N-dealkylation sites (tertiary alicyclic amines) is 1. The van der Waals surface area contributed by atoms with E-state index in [-0.39, 0.29) is 0 Å². The second-order valence-corrected chi connectivity index (χ2v) is 5.93. The molecule has 0 bridgehead atoms. The van der Waals surface area contributed by atoms with Crippen molar-refractivity contribution in [2.24, 2.45) is 5.92 Å². The van der Waals surface area contributed by atoms with Gasteiger partial charge in [0, 0.05) is 18.5 Å². The highest BCUT2D eigenvalue weighted by molar-refractivity contribution is 7.13. The summed E-state index contributed by atoms with van der Waals surface area (Å²) in [5.74, 6) is 1.65. The molecule has 4 nitrogen and oxygen atoms in total. The van der Waals surface area contributed by atoms with E-state index in [1.165, 1.54) is 19.5 Å². The van der Waals surface area contributed by atoms with Crippen LogP contribution in [0.2, 0.25) is 0 Å². The summed E-state index contributed by atoms with van der Waals surface area (Å²) < 4.78 is 5.38. The first kappa shape index (κ1) is 12.8. The maximum atomic E-state index is 5.38. The minimum absolute atomic E-state index is 0.785. The second-order valence-electron chi connectivity index (χ2n) is 5.07. The molecule has 1 aliphatic heterocycles. The van der Waals surface area contributed by atoms with Crippen molar-refractivity contribution in [3.63, 3.8) is 0 Å². The third-order valence-corrected chi connectivity index (χ3v) is 4.44. The molecule has 0 aromatic carbocycles. The lowest BCUT2D eigenvalue weighted by atomic mass is 10.1. The fourth-order valence-electron chi connectivity index (χ4n) is 2.63. The van der Waals surface area contributed by atoms with Crippen molar-refractivity contribution in [3.05, 3.63) is 29.5 Å². The smallest absolute Gasteiger partial charge is 0.162 e. The summed E-state index contributed by atoms with van der Waals surface area (Å²) in [7, 11) is 2.03. The van der Waals surface area contributed by atoms with E-state index in [0.29, 0.717) is 0 Å². The average molecular weight is 277 g/mol. The molecule has 1 aliphatic rings. The molecule has 5 heteroatoms. The Bertz CT molecular complexity index is 509. The molecule has 1 N–H and O–H groups in total. The van der Waals surface area contributed by atoms with Crippen molar-refractivity contribution < 1.29 is 4.42 Å². The summed E-state index contributed by atoms with van der Waals surface area (Å²) in [6.07, 6.45) is 2.98. The lowest BCUT2D eigenvalue weighted by Gasteiger charge is -2.14. The van der Waals surface area contributed by atoms with E-state index in [1.54, 1.807) is 17.6 Å². The van der Waals surface area contributed by atoms with Gasteiger partial charge in [0.05, 0.1) is 12.0 Å². The molecule has 102 valence electrons. The Morgan fingerprint density at radius 1 is 1.58 bits per heavy atom. The number of hydrogen-bond acceptors (Lipinski definition) is 5. The monoisotopic (exact) mass is 277 g/mol. The van der Waals surface area contributed by atoms with Crippen molar-refractivity contribution in [3.8, 4) is 10.8 Å². The first-order valence-electron chi connectivity index (χ1n) is 6.70. The quantitative estimate of drug-likeness (QED) is 0.911. The van der Waals surface area contributed by atoms with E-state index in [9.17, 15) is 0 Å². The van der Waals surface area contributed by atoms with E-state index in [1.807, 2.05) is 19.2 Å². The van der Waals surface area contributed by atoms with Crippen LogP contribution in [0.25, 0.3) is 10.8 Å². The van der Waals surface area contributed by atoms with Gasteiger partial charge in [-0.15, -0.1) is 11.3 Å². The predicted octanol–water partition coefficient (Wildman–Crippen LogP) is 2.44. The number of aromatic nitrogens is 1. The Balaban J connectivity index is 1.59. The topological polar surface area (TPSA) is 41.3 Å². The highest BCUT2D eigenvalue weighted by Crippen LogP contribution is 2.25. The van der Waals surface area contributed by atoms with Crippen LogP contribution < -0.4 is 5.32 Å². The molecule has 0 spiro atoms. The molecule has 3 heterocycles. The lowest BCUT2D eigenvalue weighted by Crippen LogP contribution is -2.24. The first-order chi connectivity index (χ1) is 9.35. The normalized spacial score (nSPS) is 20.2. The van der Waals surface area contributed by atoms with E-state index >= 15 is 0 Å². The van der Waals surface area contributed by atoms with Crippen LogP contribution in [0.1, 0.15) is 12.1 Å². The molecule has 19 heavy (non-hydrogen) atoms. The molecule has 3 rings (SSSR count). The van der Waals surface area contributed by atoms with Gasteiger partial charge in [-0.05, 0) is 44.6 Å². The van der Waals surface area contributed by atoms with Crippen molar-refractivity contribution >= 4 is 11.3 Å². The Labute approximate surface area is 117 Å². The van der Waals surface area contributed by atoms with Gasteiger partial charge < -0.3 is 9.73 Å². The molecule has 1 saturated heterocycles. The van der Waals surface area contributed by atoms with Gasteiger partial charge in [0.15, 0.2) is 10.8 Å². The molecule has 0 aliphatic carbocycles. The summed E-state index contributed by atoms with van der Waals surface area (Å²) >= 11 is 1.66. The molecule has 0 radical (unpaired) electrons. The van der Waals surface area contributed by atoms with Gasteiger partial charge in [-0.1, -0.05) is 0 Å². The van der Waals surface area contributed by atoms with Gasteiger partial charge in [-0.25, -0.2) is 4.98 Å². The third-order valence-electron chi connectivity index (χ3n) is 3.53. The summed E-state index contributed by atoms with van der Waals surface area (Å²) in [5.41, 5.74) is 1.15. The number of furan rings is 1. The summed E-state index contributed by atoms with van der Waals surface area (Å²) in [4.78, 5) is 7.14. The molecule has 2 aromatic rings. The Kier molecular flexibility index (Phi) is 3.96. The Hall–Kier alpha value is -1.17. The van der Waals surface area contributed by atoms with Crippen LogP contribution in [0.5, 0.6) is 0 Å². The fourth-order valence-corrected chi connectivity index (χ4v) is 3.41. The molecule has 2 aromatic heterocycles. The van der Waals surface area contributed by atoms with E-state index in [2.05, 4.69) is 20.6 Å². The molecular formula is C14H19N3OS. The van der Waals surface area contributed by atoms with Crippen LogP contribution in [0.3, 0.4) is 0 Å². The summed E-state index contributed by atoms with van der Waals surface area (Å²) in [6, 6.07) is 3.86. The largest absolute Gasteiger partial charge is 0.462 e. The standard InChI is InChI=1S/C14H19N3OS/c1-15-7-11-4-5-17(8-11)9-12-10-19-14(16-12)13-3-2-6-18-13/h2-3,6,10-11,15H,4-5,7-9H2,1H3. The third kappa shape index (κ3) is 3.05. The number of nitrogens with one attached hydrogen (secondary N) is 1. The molecule has 0 amide bonds. The Morgan fingerprint density at radius 2 is 2.53 bits per heavy atom. The van der Waals surface area contributed by atoms with Gasteiger partial charge >= 0.3 is 0 Å². The molecule has 1 fully saturated rings. The van der Waals surface area contributed by atoms with Gasteiger partial charge in [0.2, 0.25) is 0 Å². The fraction of sp³-hybridized carbons (Fsp3) is 0.500. The minimum atomic E-state index is 0.785. The van der Waals surface area contributed by atoms with Crippen molar-refractivity contribution in [1.29, 1.82) is 0 Å². The molecule has 0 saturated carbocycles. The number of rotatable bonds is 5. The van der Waals surface area contributed by atoms with Crippen LogP contribution in [0.15, 0.2) is 28.2 Å². The van der Waals surface area contributed by atoms with E-state index in [4.69, 9.17) is 4.42 Å². The molecule has 1 atom stereocenters. The van der Waals surface area contributed by atoms with Gasteiger partial charge in [0.25, 0.3) is 0 Å². The first-order valence-corrected chi connectivity index (χ1v) is 7.58. The zero-order valence-electron chi connectivity index (χ0n) is 11.1. The highest BCUT2D eigenvalue weighted by atomic mass is 32.1. The van der Waals surface area contributed by atoms with E-state index < -0.39 is 0 Å². The van der Waals surface area contributed by atoms with E-state index in [0.717, 1.165) is 35.5 Å². The maximum Gasteiger partial charge on any atom is 0.162 e. The van der Waals surface area contributed by atoms with Gasteiger partial charge in [-0.2, -0.15) is 0 Å². The van der Waals surface area contributed by atoms with Crippen LogP contribution in [-0.2, 0) is 6.54 Å². The van der Waals surface area contributed by atoms with Crippen LogP contribution >= 0.6 is 11.3 Å². The summed E-state index contributed by atoms with van der Waals surface area (Å²) in [6.45, 7) is 4.43. The zero-order chi connectivity index (χ0) is 13.1. The predicted molar refractivity (Wildman–Crippen MR) is 77.1 cm³/mol. The van der Waals surface area contributed by atoms with Gasteiger partial charge in [-0.3, -0.25) is 4.90 Å². The Morgan fingerprint density at radius 3 is 3.32 bits per heavy atom. The zero-order valence-corrected chi connectivity index (χ0v) is 11.9. The summed E-state index contributed by atoms with van der Waals surface area (Å²) in [5, 5.41) is 6.38. The maximum absolute atomic E-state index is 5.38. The molecular weight excluding hydrogens is 258 g/mol. The van der Waals surface area contributed by atoms with Gasteiger partial charge in [0.1, 0.15) is 0 Å². The van der Waals surface area contributed by atoms with Crippen molar-refractivity contribution in [2.75, 3.05) is 26.7 Å². The number of thiazole rings is 1. The SMILES string of the molecule is CNCC1CCN(Cc2csc(-c3ccco3)n2)C1.